The molecule has 2 aromatic heterocycles. The first-order valence-corrected chi connectivity index (χ1v) is 18.6. The summed E-state index contributed by atoms with van der Waals surface area (Å²) in [6.45, 7) is 17.2. The smallest absolute Gasteiger partial charge is 0.418 e. The fraction of sp³-hybridized carbons (Fsp3) is 0.634. The molecule has 0 fully saturated rings. The molecule has 4 N–H and O–H groups in total. The average Bonchev–Trinajstić information content (AvgIpc) is 3.65. The Hall–Kier alpha value is -3.32. The number of benzene rings is 1. The van der Waals surface area contributed by atoms with Gasteiger partial charge in [0.15, 0.2) is 5.76 Å². The number of ether oxygens (including phenoxy) is 2. The number of hydrogen-bond donors (Lipinski definition) is 4. The Kier molecular flexibility index (Phi) is 15.3. The van der Waals surface area contributed by atoms with Gasteiger partial charge in [-0.3, -0.25) is 0 Å². The van der Waals surface area contributed by atoms with Crippen molar-refractivity contribution in [3.8, 4) is 17.2 Å². The van der Waals surface area contributed by atoms with Crippen molar-refractivity contribution in [2.75, 3.05) is 13.2 Å². The number of carbonyl (C=O) groups is 1. The van der Waals surface area contributed by atoms with Crippen LogP contribution in [-0.2, 0) is 22.1 Å². The van der Waals surface area contributed by atoms with E-state index in [4.69, 9.17) is 13.9 Å². The molecule has 53 heavy (non-hydrogen) atoms. The Morgan fingerprint density at radius 3 is 2.15 bits per heavy atom. The first-order valence-electron chi connectivity index (χ1n) is 18.6. The quantitative estimate of drug-likeness (QED) is 0.0576. The first kappa shape index (κ1) is 44.1. The van der Waals surface area contributed by atoms with Gasteiger partial charge in [0.2, 0.25) is 0 Å². The van der Waals surface area contributed by atoms with Crippen LogP contribution in [0.2, 0.25) is 0 Å². The maximum atomic E-state index is 14.3. The molecule has 0 saturated heterocycles. The normalized spacial score (nSPS) is 15.5. The summed E-state index contributed by atoms with van der Waals surface area (Å²) in [5.41, 5.74) is 0.0302. The molecule has 0 amide bonds. The second-order valence-electron chi connectivity index (χ2n) is 16.4. The second-order valence-corrected chi connectivity index (χ2v) is 16.4. The molecule has 0 aliphatic heterocycles. The number of aryl methyl sites for hydroxylation is 1. The van der Waals surface area contributed by atoms with Gasteiger partial charge in [0.1, 0.15) is 24.0 Å². The van der Waals surface area contributed by atoms with Crippen molar-refractivity contribution < 1.29 is 52.3 Å². The van der Waals surface area contributed by atoms with Gasteiger partial charge < -0.3 is 38.9 Å². The van der Waals surface area contributed by atoms with Crippen molar-refractivity contribution >= 4 is 16.9 Å². The third kappa shape index (κ3) is 12.6. The number of fused-ring (bicyclic) bond motifs is 1. The molecule has 1 aromatic carbocycles. The standard InChI is InChI=1S/C41H60F3NO8/c1-10-11-12-14-27-20-29(41(42,43)44)37(45(27)25(2)3)36-19-26-16-17-28(21-35(26)53-36)52-24-34(49)33(48)22-32(47)31(46)15-13-18-51-38(50)30(40(7,8)9)23-39(4,5)6/h16-17,19-21,23,25,31-34,46-49H,10-15,18,22,24H2,1-9H3/b30-23-. The molecule has 9 nitrogen and oxygen atoms in total. The predicted molar refractivity (Wildman–Crippen MR) is 200 cm³/mol. The summed E-state index contributed by atoms with van der Waals surface area (Å²) in [7, 11) is 0. The summed E-state index contributed by atoms with van der Waals surface area (Å²) in [4.78, 5) is 12.8. The van der Waals surface area contributed by atoms with Crippen molar-refractivity contribution in [1.82, 2.24) is 4.57 Å². The van der Waals surface area contributed by atoms with Crippen molar-refractivity contribution in [2.24, 2.45) is 10.8 Å². The molecule has 4 atom stereocenters. The number of hydrogen-bond acceptors (Lipinski definition) is 8. The van der Waals surface area contributed by atoms with Gasteiger partial charge in [0.25, 0.3) is 0 Å². The Labute approximate surface area is 311 Å². The Morgan fingerprint density at radius 1 is 0.906 bits per heavy atom. The summed E-state index contributed by atoms with van der Waals surface area (Å²) < 4.78 is 61.7. The van der Waals surface area contributed by atoms with Crippen LogP contribution >= 0.6 is 0 Å². The van der Waals surface area contributed by atoms with E-state index < -0.39 is 47.5 Å². The zero-order valence-electron chi connectivity index (χ0n) is 32.7. The fourth-order valence-corrected chi connectivity index (χ4v) is 6.20. The predicted octanol–water partition coefficient (Wildman–Crippen LogP) is 8.79. The van der Waals surface area contributed by atoms with Gasteiger partial charge in [-0.25, -0.2) is 4.79 Å². The fourth-order valence-electron chi connectivity index (χ4n) is 6.20. The molecular formula is C41H60F3NO8. The van der Waals surface area contributed by atoms with Crippen molar-refractivity contribution in [2.45, 2.75) is 144 Å². The number of carbonyl (C=O) groups excluding carboxylic acids is 1. The number of unbranched alkanes of at least 4 members (excludes halogenated alkanes) is 2. The van der Waals surface area contributed by atoms with Crippen molar-refractivity contribution in [1.29, 1.82) is 0 Å². The minimum atomic E-state index is -4.59. The number of halogens is 3. The molecule has 0 radical (unpaired) electrons. The molecule has 3 aromatic rings. The van der Waals surface area contributed by atoms with Gasteiger partial charge in [-0.1, -0.05) is 67.4 Å². The monoisotopic (exact) mass is 751 g/mol. The first-order chi connectivity index (χ1) is 24.5. The zero-order valence-corrected chi connectivity index (χ0v) is 32.7. The van der Waals surface area contributed by atoms with Gasteiger partial charge in [0.05, 0.1) is 36.2 Å². The molecule has 298 valence electrons. The lowest BCUT2D eigenvalue weighted by molar-refractivity contribution is -0.140. The maximum absolute atomic E-state index is 14.3. The third-order valence-electron chi connectivity index (χ3n) is 8.97. The average molecular weight is 752 g/mol. The van der Waals surface area contributed by atoms with E-state index in [1.54, 1.807) is 22.8 Å². The van der Waals surface area contributed by atoms with Gasteiger partial charge in [-0.15, -0.1) is 0 Å². The largest absolute Gasteiger partial charge is 0.491 e. The van der Waals surface area contributed by atoms with E-state index in [2.05, 4.69) is 0 Å². The lowest BCUT2D eigenvalue weighted by atomic mass is 9.81. The number of esters is 1. The van der Waals surface area contributed by atoms with Crippen LogP contribution in [0.4, 0.5) is 13.2 Å². The Balaban J connectivity index is 1.60. The van der Waals surface area contributed by atoms with Gasteiger partial charge in [0, 0.05) is 35.2 Å². The summed E-state index contributed by atoms with van der Waals surface area (Å²) in [5.74, 6) is -0.105. The van der Waals surface area contributed by atoms with Crippen LogP contribution in [0.25, 0.3) is 22.4 Å². The summed E-state index contributed by atoms with van der Waals surface area (Å²) in [6, 6.07) is 7.27. The Bertz CT molecular complexity index is 1660. The van der Waals surface area contributed by atoms with E-state index in [-0.39, 0.29) is 66.7 Å². The minimum absolute atomic E-state index is 0.0269. The van der Waals surface area contributed by atoms with E-state index in [1.807, 2.05) is 68.4 Å². The van der Waals surface area contributed by atoms with Crippen LogP contribution in [0.1, 0.15) is 118 Å². The number of aliphatic hydroxyl groups excluding tert-OH is 4. The SMILES string of the molecule is CCCCCc1cc(C(F)(F)F)c(-c2cc3ccc(OCC(O)C(O)CC(O)C(O)CCCOC(=O)/C(=C/C(C)(C)C)C(C)(C)C)cc3o2)n1C(C)C. The molecular weight excluding hydrogens is 691 g/mol. The molecule has 2 heterocycles. The summed E-state index contributed by atoms with van der Waals surface area (Å²) in [6.07, 6.45) is -4.97. The highest BCUT2D eigenvalue weighted by molar-refractivity contribution is 5.90. The van der Waals surface area contributed by atoms with Crippen LogP contribution in [0, 0.1) is 10.8 Å². The molecule has 4 unspecified atom stereocenters. The number of aromatic nitrogens is 1. The summed E-state index contributed by atoms with van der Waals surface area (Å²) in [5, 5.41) is 42.6. The second kappa shape index (κ2) is 18.3. The van der Waals surface area contributed by atoms with Crippen LogP contribution in [0.15, 0.2) is 46.4 Å². The highest BCUT2D eigenvalue weighted by Crippen LogP contribution is 2.43. The van der Waals surface area contributed by atoms with Crippen molar-refractivity contribution in [3.63, 3.8) is 0 Å². The van der Waals surface area contributed by atoms with Crippen LogP contribution in [-0.4, -0.2) is 68.6 Å². The van der Waals surface area contributed by atoms with E-state index >= 15 is 0 Å². The number of furan rings is 1. The Morgan fingerprint density at radius 2 is 1.57 bits per heavy atom. The van der Waals surface area contributed by atoms with Crippen LogP contribution in [0.5, 0.6) is 5.75 Å². The number of allylic oxidation sites excluding steroid dienone is 1. The molecule has 0 aliphatic rings. The van der Waals surface area contributed by atoms with E-state index in [0.29, 0.717) is 23.1 Å². The molecule has 0 aliphatic carbocycles. The number of nitrogens with zero attached hydrogens (tertiary/aromatic N) is 1. The van der Waals surface area contributed by atoms with E-state index in [9.17, 15) is 38.4 Å². The highest BCUT2D eigenvalue weighted by Gasteiger charge is 2.39. The van der Waals surface area contributed by atoms with Gasteiger partial charge in [-0.05, 0) is 74.6 Å². The molecule has 12 heteroatoms. The number of aliphatic hydroxyl groups is 4. The van der Waals surface area contributed by atoms with Crippen molar-refractivity contribution in [3.05, 3.63) is 53.2 Å². The topological polar surface area (TPSA) is 135 Å². The van der Waals surface area contributed by atoms with E-state index in [0.717, 1.165) is 19.3 Å². The number of alkyl halides is 3. The highest BCUT2D eigenvalue weighted by atomic mass is 19.4. The zero-order chi connectivity index (χ0) is 39.9. The summed E-state index contributed by atoms with van der Waals surface area (Å²) >= 11 is 0. The molecule has 0 spiro atoms. The van der Waals surface area contributed by atoms with Crippen LogP contribution in [0.3, 0.4) is 0 Å². The lowest BCUT2D eigenvalue weighted by Gasteiger charge is -2.25. The lowest BCUT2D eigenvalue weighted by Crippen LogP contribution is -2.38. The minimum Gasteiger partial charge on any atom is -0.491 e. The van der Waals surface area contributed by atoms with Gasteiger partial charge in [-0.2, -0.15) is 13.2 Å². The molecule has 0 saturated carbocycles. The number of rotatable bonds is 18. The third-order valence-corrected chi connectivity index (χ3v) is 8.97. The van der Waals surface area contributed by atoms with Gasteiger partial charge >= 0.3 is 12.1 Å². The maximum Gasteiger partial charge on any atom is 0.418 e. The molecule has 0 bridgehead atoms. The molecule has 3 rings (SSSR count). The van der Waals surface area contributed by atoms with E-state index in [1.165, 1.54) is 12.1 Å². The van der Waals surface area contributed by atoms with Crippen LogP contribution < -0.4 is 4.74 Å².